The van der Waals surface area contributed by atoms with E-state index in [2.05, 4.69) is 10.3 Å². The maximum absolute atomic E-state index is 11.2. The SMILES string of the molecule is CC(=O)NC1CCN(c2cc(C)ncc2C(=O)O)C1. The van der Waals surface area contributed by atoms with Crippen molar-refractivity contribution in [2.45, 2.75) is 26.3 Å². The van der Waals surface area contributed by atoms with E-state index in [1.165, 1.54) is 13.1 Å². The third-order valence-corrected chi connectivity index (χ3v) is 3.19. The van der Waals surface area contributed by atoms with E-state index in [4.69, 9.17) is 0 Å². The molecule has 1 aromatic heterocycles. The molecule has 0 aromatic carbocycles. The molecule has 1 amide bonds. The van der Waals surface area contributed by atoms with Gasteiger partial charge in [-0.3, -0.25) is 9.78 Å². The highest BCUT2D eigenvalue weighted by Gasteiger charge is 2.26. The van der Waals surface area contributed by atoms with Gasteiger partial charge in [-0.25, -0.2) is 4.79 Å². The summed E-state index contributed by atoms with van der Waals surface area (Å²) in [6.45, 7) is 4.68. The van der Waals surface area contributed by atoms with E-state index >= 15 is 0 Å². The molecule has 1 aliphatic rings. The number of carboxylic acid groups (broad SMARTS) is 1. The third kappa shape index (κ3) is 3.01. The summed E-state index contributed by atoms with van der Waals surface area (Å²) in [4.78, 5) is 28.3. The minimum Gasteiger partial charge on any atom is -0.478 e. The lowest BCUT2D eigenvalue weighted by Gasteiger charge is -2.21. The Morgan fingerprint density at radius 3 is 2.89 bits per heavy atom. The van der Waals surface area contributed by atoms with Crippen LogP contribution in [0.1, 0.15) is 29.4 Å². The fraction of sp³-hybridized carbons (Fsp3) is 0.462. The van der Waals surface area contributed by atoms with Gasteiger partial charge in [0.25, 0.3) is 0 Å². The molecule has 0 radical (unpaired) electrons. The quantitative estimate of drug-likeness (QED) is 0.843. The topological polar surface area (TPSA) is 82.5 Å². The predicted molar refractivity (Wildman–Crippen MR) is 70.4 cm³/mol. The fourth-order valence-electron chi connectivity index (χ4n) is 2.36. The van der Waals surface area contributed by atoms with Crippen LogP contribution < -0.4 is 10.2 Å². The molecule has 102 valence electrons. The van der Waals surface area contributed by atoms with Gasteiger partial charge in [0, 0.05) is 37.9 Å². The minimum absolute atomic E-state index is 0.0591. The van der Waals surface area contributed by atoms with Crippen molar-refractivity contribution in [3.8, 4) is 0 Å². The summed E-state index contributed by atoms with van der Waals surface area (Å²) in [7, 11) is 0. The highest BCUT2D eigenvalue weighted by Crippen LogP contribution is 2.25. The van der Waals surface area contributed by atoms with Crippen molar-refractivity contribution in [1.82, 2.24) is 10.3 Å². The van der Waals surface area contributed by atoms with Crippen molar-refractivity contribution in [3.05, 3.63) is 23.5 Å². The fourth-order valence-corrected chi connectivity index (χ4v) is 2.36. The Morgan fingerprint density at radius 2 is 2.26 bits per heavy atom. The molecule has 0 spiro atoms. The molecule has 1 fully saturated rings. The largest absolute Gasteiger partial charge is 0.478 e. The predicted octanol–water partition coefficient (Wildman–Crippen LogP) is 0.803. The minimum atomic E-state index is -0.981. The number of nitrogens with zero attached hydrogens (tertiary/aromatic N) is 2. The molecular formula is C13H17N3O3. The monoisotopic (exact) mass is 263 g/mol. The molecule has 1 aliphatic heterocycles. The number of pyridine rings is 1. The van der Waals surface area contributed by atoms with E-state index in [1.54, 1.807) is 6.07 Å². The van der Waals surface area contributed by atoms with Crippen LogP contribution in [0.25, 0.3) is 0 Å². The lowest BCUT2D eigenvalue weighted by atomic mass is 10.2. The van der Waals surface area contributed by atoms with Crippen LogP contribution in [0.3, 0.4) is 0 Å². The van der Waals surface area contributed by atoms with Crippen molar-refractivity contribution in [2.24, 2.45) is 0 Å². The number of carbonyl (C=O) groups is 2. The molecule has 1 saturated heterocycles. The second kappa shape index (κ2) is 5.26. The molecule has 1 unspecified atom stereocenters. The van der Waals surface area contributed by atoms with Crippen LogP contribution in [-0.2, 0) is 4.79 Å². The van der Waals surface area contributed by atoms with Crippen LogP contribution in [0.4, 0.5) is 5.69 Å². The van der Waals surface area contributed by atoms with E-state index in [-0.39, 0.29) is 17.5 Å². The maximum atomic E-state index is 11.2. The van der Waals surface area contributed by atoms with Crippen LogP contribution in [0.5, 0.6) is 0 Å². The Kier molecular flexibility index (Phi) is 3.69. The lowest BCUT2D eigenvalue weighted by molar-refractivity contribution is -0.119. The maximum Gasteiger partial charge on any atom is 0.339 e. The van der Waals surface area contributed by atoms with Gasteiger partial charge >= 0.3 is 5.97 Å². The molecule has 1 aromatic rings. The summed E-state index contributed by atoms with van der Waals surface area (Å²) in [5.41, 5.74) is 1.66. The average molecular weight is 263 g/mol. The lowest BCUT2D eigenvalue weighted by Crippen LogP contribution is -2.35. The summed E-state index contributed by atoms with van der Waals surface area (Å²) < 4.78 is 0. The number of carboxylic acids is 1. The summed E-state index contributed by atoms with van der Waals surface area (Å²) >= 11 is 0. The van der Waals surface area contributed by atoms with Crippen molar-refractivity contribution in [1.29, 1.82) is 0 Å². The van der Waals surface area contributed by atoms with Gasteiger partial charge in [0.1, 0.15) is 5.56 Å². The summed E-state index contributed by atoms with van der Waals surface area (Å²) in [5.74, 6) is -1.04. The van der Waals surface area contributed by atoms with Crippen LogP contribution >= 0.6 is 0 Å². The first kappa shape index (κ1) is 13.3. The Bertz CT molecular complexity index is 516. The number of aryl methyl sites for hydroxylation is 1. The number of anilines is 1. The van der Waals surface area contributed by atoms with Crippen LogP contribution in [0.15, 0.2) is 12.3 Å². The second-order valence-electron chi connectivity index (χ2n) is 4.78. The Balaban J connectivity index is 2.21. The van der Waals surface area contributed by atoms with Crippen LogP contribution in [-0.4, -0.2) is 41.1 Å². The Morgan fingerprint density at radius 1 is 1.53 bits per heavy atom. The normalized spacial score (nSPS) is 18.4. The molecule has 2 N–H and O–H groups in total. The number of hydrogen-bond donors (Lipinski definition) is 2. The van der Waals surface area contributed by atoms with Gasteiger partial charge in [-0.15, -0.1) is 0 Å². The van der Waals surface area contributed by atoms with E-state index in [0.717, 1.165) is 18.7 Å². The first-order valence-electron chi connectivity index (χ1n) is 6.19. The van der Waals surface area contributed by atoms with Crippen LogP contribution in [0, 0.1) is 6.92 Å². The molecule has 6 nitrogen and oxygen atoms in total. The first-order valence-corrected chi connectivity index (χ1v) is 6.19. The van der Waals surface area contributed by atoms with Gasteiger partial charge in [-0.1, -0.05) is 0 Å². The highest BCUT2D eigenvalue weighted by atomic mass is 16.4. The Labute approximate surface area is 111 Å². The number of amides is 1. The average Bonchev–Trinajstić information content (AvgIpc) is 2.75. The van der Waals surface area contributed by atoms with E-state index in [0.29, 0.717) is 12.2 Å². The number of hydrogen-bond acceptors (Lipinski definition) is 4. The molecule has 0 bridgehead atoms. The zero-order valence-corrected chi connectivity index (χ0v) is 11.0. The molecule has 0 saturated carbocycles. The zero-order chi connectivity index (χ0) is 14.0. The summed E-state index contributed by atoms with van der Waals surface area (Å²) in [6.07, 6.45) is 2.21. The molecule has 1 atom stereocenters. The molecular weight excluding hydrogens is 246 g/mol. The van der Waals surface area contributed by atoms with Gasteiger partial charge in [-0.05, 0) is 19.4 Å². The highest BCUT2D eigenvalue weighted by molar-refractivity contribution is 5.94. The van der Waals surface area contributed by atoms with Crippen molar-refractivity contribution < 1.29 is 14.7 Å². The number of carbonyl (C=O) groups excluding carboxylic acids is 1. The van der Waals surface area contributed by atoms with Crippen molar-refractivity contribution in [2.75, 3.05) is 18.0 Å². The summed E-state index contributed by atoms with van der Waals surface area (Å²) in [6, 6.07) is 1.85. The van der Waals surface area contributed by atoms with Gasteiger partial charge in [-0.2, -0.15) is 0 Å². The number of aromatic nitrogens is 1. The summed E-state index contributed by atoms with van der Waals surface area (Å²) in [5, 5.41) is 12.1. The van der Waals surface area contributed by atoms with E-state index < -0.39 is 5.97 Å². The van der Waals surface area contributed by atoms with Gasteiger partial charge in [0.15, 0.2) is 0 Å². The van der Waals surface area contributed by atoms with Crippen molar-refractivity contribution >= 4 is 17.6 Å². The van der Waals surface area contributed by atoms with Gasteiger partial charge < -0.3 is 15.3 Å². The van der Waals surface area contributed by atoms with E-state index in [9.17, 15) is 14.7 Å². The smallest absolute Gasteiger partial charge is 0.339 e. The number of rotatable bonds is 3. The molecule has 0 aliphatic carbocycles. The van der Waals surface area contributed by atoms with Gasteiger partial charge in [0.05, 0.1) is 5.69 Å². The number of aromatic carboxylic acids is 1. The zero-order valence-electron chi connectivity index (χ0n) is 11.0. The van der Waals surface area contributed by atoms with Gasteiger partial charge in [0.2, 0.25) is 5.91 Å². The van der Waals surface area contributed by atoms with Crippen molar-refractivity contribution in [3.63, 3.8) is 0 Å². The second-order valence-corrected chi connectivity index (χ2v) is 4.78. The van der Waals surface area contributed by atoms with E-state index in [1.807, 2.05) is 11.8 Å². The third-order valence-electron chi connectivity index (χ3n) is 3.19. The standard InChI is InChI=1S/C13H17N3O3/c1-8-5-12(11(6-14-8)13(18)19)16-4-3-10(7-16)15-9(2)17/h5-6,10H,3-4,7H2,1-2H3,(H,15,17)(H,18,19). The Hall–Kier alpha value is -2.11. The molecule has 6 heteroatoms. The molecule has 19 heavy (non-hydrogen) atoms. The first-order chi connectivity index (χ1) is 8.97. The molecule has 2 heterocycles. The number of nitrogens with one attached hydrogen (secondary N) is 1. The van der Waals surface area contributed by atoms with Crippen LogP contribution in [0.2, 0.25) is 0 Å². The molecule has 2 rings (SSSR count).